The van der Waals surface area contributed by atoms with Crippen LogP contribution in [0.4, 0.5) is 0 Å². The molecule has 50 valence electrons. The summed E-state index contributed by atoms with van der Waals surface area (Å²) in [5, 5.41) is 10.6. The number of hydrogen-bond acceptors (Lipinski definition) is 3. The molecule has 4 heteroatoms. The monoisotopic (exact) mass is 162 g/mol. The lowest BCUT2D eigenvalue weighted by atomic mass is 10.2. The fraction of sp³-hybridized carbons (Fsp3) is 0.400. The summed E-state index contributed by atoms with van der Waals surface area (Å²) in [6, 6.07) is 0. The van der Waals surface area contributed by atoms with Gasteiger partial charge in [0.2, 0.25) is 0 Å². The molecule has 9 heavy (non-hydrogen) atoms. The number of aliphatic carboxylic acids is 1. The Bertz CT molecular complexity index is 164. The SMILES string of the molecule is CC(S)(C=C=S)C(=O)O. The lowest BCUT2D eigenvalue weighted by Gasteiger charge is -2.09. The molecule has 0 rings (SSSR count). The van der Waals surface area contributed by atoms with E-state index in [1.807, 2.05) is 0 Å². The molecule has 0 heterocycles. The highest BCUT2D eigenvalue weighted by molar-refractivity contribution is 7.83. The van der Waals surface area contributed by atoms with E-state index < -0.39 is 10.7 Å². The van der Waals surface area contributed by atoms with E-state index in [4.69, 9.17) is 5.11 Å². The van der Waals surface area contributed by atoms with Crippen molar-refractivity contribution in [2.45, 2.75) is 11.7 Å². The molecule has 0 aromatic heterocycles. The standard InChI is InChI=1S/C5H6O2S2/c1-5(9,2-3-8)4(6)7/h2,9H,1H3,(H,6,7). The summed E-state index contributed by atoms with van der Waals surface area (Å²) in [6.45, 7) is 1.43. The van der Waals surface area contributed by atoms with E-state index in [0.717, 1.165) is 0 Å². The third-order valence-corrected chi connectivity index (χ3v) is 1.21. The average molecular weight is 162 g/mol. The molecule has 1 N–H and O–H groups in total. The van der Waals surface area contributed by atoms with Crippen LogP contribution in [0.1, 0.15) is 6.92 Å². The Labute approximate surface area is 64.0 Å². The molecular formula is C5H6O2S2. The van der Waals surface area contributed by atoms with Gasteiger partial charge in [-0.15, -0.1) is 0 Å². The molecule has 0 spiro atoms. The first kappa shape index (κ1) is 8.69. The van der Waals surface area contributed by atoms with Crippen LogP contribution in [0.25, 0.3) is 0 Å². The Morgan fingerprint density at radius 2 is 2.44 bits per heavy atom. The van der Waals surface area contributed by atoms with Crippen molar-refractivity contribution in [1.82, 2.24) is 0 Å². The number of hydrogen-bond donors (Lipinski definition) is 2. The van der Waals surface area contributed by atoms with Gasteiger partial charge in [0.25, 0.3) is 0 Å². The summed E-state index contributed by atoms with van der Waals surface area (Å²) in [5.41, 5.74) is 0. The third-order valence-electron chi connectivity index (χ3n) is 0.773. The zero-order chi connectivity index (χ0) is 7.49. The third kappa shape index (κ3) is 2.65. The minimum atomic E-state index is -1.18. The van der Waals surface area contributed by atoms with Gasteiger partial charge in [-0.25, -0.2) is 0 Å². The van der Waals surface area contributed by atoms with Crippen molar-refractivity contribution in [3.63, 3.8) is 0 Å². The summed E-state index contributed by atoms with van der Waals surface area (Å²) in [7, 11) is 0. The van der Waals surface area contributed by atoms with Gasteiger partial charge in [-0.05, 0) is 30.2 Å². The normalized spacial score (nSPS) is 15.3. The number of rotatable bonds is 2. The molecule has 0 aromatic carbocycles. The van der Waals surface area contributed by atoms with E-state index in [2.05, 4.69) is 29.9 Å². The highest BCUT2D eigenvalue weighted by Crippen LogP contribution is 2.13. The van der Waals surface area contributed by atoms with Gasteiger partial charge in [-0.1, -0.05) is 0 Å². The Morgan fingerprint density at radius 3 is 2.56 bits per heavy atom. The number of carboxylic acid groups (broad SMARTS) is 1. The maximum atomic E-state index is 10.2. The van der Waals surface area contributed by atoms with Gasteiger partial charge in [0.1, 0.15) is 4.75 Å². The maximum absolute atomic E-state index is 10.2. The van der Waals surface area contributed by atoms with Crippen LogP contribution >= 0.6 is 24.8 Å². The maximum Gasteiger partial charge on any atom is 0.323 e. The first-order valence-corrected chi connectivity index (χ1v) is 3.04. The molecule has 0 amide bonds. The van der Waals surface area contributed by atoms with Crippen molar-refractivity contribution in [2.75, 3.05) is 0 Å². The van der Waals surface area contributed by atoms with Crippen molar-refractivity contribution < 1.29 is 9.90 Å². The predicted octanol–water partition coefficient (Wildman–Crippen LogP) is 0.914. The molecule has 0 aromatic rings. The van der Waals surface area contributed by atoms with Gasteiger partial charge in [0, 0.05) is 0 Å². The molecule has 0 saturated heterocycles. The Balaban J connectivity index is 4.37. The van der Waals surface area contributed by atoms with E-state index in [1.165, 1.54) is 13.0 Å². The first-order chi connectivity index (χ1) is 4.00. The lowest BCUT2D eigenvalue weighted by Crippen LogP contribution is -2.25. The summed E-state index contributed by atoms with van der Waals surface area (Å²) in [5.74, 6) is -1.02. The summed E-state index contributed by atoms with van der Waals surface area (Å²) < 4.78 is -1.18. The van der Waals surface area contributed by atoms with Crippen molar-refractivity contribution in [3.8, 4) is 0 Å². The van der Waals surface area contributed by atoms with Crippen LogP contribution in [0.15, 0.2) is 6.08 Å². The number of thiocarbonyl (C=S) groups is 1. The van der Waals surface area contributed by atoms with Crippen LogP contribution in [0.2, 0.25) is 0 Å². The Kier molecular flexibility index (Phi) is 2.91. The van der Waals surface area contributed by atoms with Gasteiger partial charge < -0.3 is 5.11 Å². The second kappa shape index (κ2) is 3.01. The lowest BCUT2D eigenvalue weighted by molar-refractivity contribution is -0.138. The van der Waals surface area contributed by atoms with Gasteiger partial charge >= 0.3 is 5.97 Å². The largest absolute Gasteiger partial charge is 0.480 e. The molecule has 1 atom stereocenters. The van der Waals surface area contributed by atoms with Crippen LogP contribution in [0, 0.1) is 0 Å². The Hall–Kier alpha value is -0.310. The molecule has 0 radical (unpaired) electrons. The Morgan fingerprint density at radius 1 is 2.00 bits per heavy atom. The molecule has 2 nitrogen and oxygen atoms in total. The molecule has 0 bridgehead atoms. The highest BCUT2D eigenvalue weighted by Gasteiger charge is 2.24. The van der Waals surface area contributed by atoms with Crippen LogP contribution in [0.3, 0.4) is 0 Å². The minimum Gasteiger partial charge on any atom is -0.480 e. The number of carbonyl (C=O) groups is 1. The minimum absolute atomic E-state index is 1.02. The fourth-order valence-corrected chi connectivity index (χ4v) is 0.564. The fourth-order valence-electron chi connectivity index (χ4n) is 0.176. The second-order valence-electron chi connectivity index (χ2n) is 1.71. The summed E-state index contributed by atoms with van der Waals surface area (Å²) in [4.78, 5) is 10.2. The van der Waals surface area contributed by atoms with Crippen molar-refractivity contribution >= 4 is 35.8 Å². The quantitative estimate of drug-likeness (QED) is 0.468. The molecule has 0 fully saturated rings. The van der Waals surface area contributed by atoms with E-state index in [1.54, 1.807) is 0 Å². The van der Waals surface area contributed by atoms with E-state index >= 15 is 0 Å². The first-order valence-electron chi connectivity index (χ1n) is 2.18. The summed E-state index contributed by atoms with van der Waals surface area (Å²) in [6.07, 6.45) is 1.22. The van der Waals surface area contributed by atoms with Gasteiger partial charge in [0.15, 0.2) is 0 Å². The van der Waals surface area contributed by atoms with Crippen LogP contribution in [-0.2, 0) is 4.79 Å². The van der Waals surface area contributed by atoms with Crippen molar-refractivity contribution in [1.29, 1.82) is 0 Å². The molecular weight excluding hydrogens is 156 g/mol. The molecule has 1 unspecified atom stereocenters. The topological polar surface area (TPSA) is 37.3 Å². The van der Waals surface area contributed by atoms with Crippen LogP contribution in [0.5, 0.6) is 0 Å². The zero-order valence-electron chi connectivity index (χ0n) is 4.79. The molecule has 0 aliphatic carbocycles. The molecule has 0 saturated carbocycles. The van der Waals surface area contributed by atoms with E-state index in [-0.39, 0.29) is 0 Å². The van der Waals surface area contributed by atoms with Crippen LogP contribution in [-0.4, -0.2) is 20.8 Å². The second-order valence-corrected chi connectivity index (χ2v) is 2.88. The number of thiol groups is 1. The van der Waals surface area contributed by atoms with Gasteiger partial charge in [-0.3, -0.25) is 4.79 Å². The van der Waals surface area contributed by atoms with Crippen molar-refractivity contribution in [2.24, 2.45) is 0 Å². The van der Waals surface area contributed by atoms with Gasteiger partial charge in [0.05, 0.1) is 0 Å². The van der Waals surface area contributed by atoms with Gasteiger partial charge in [-0.2, -0.15) is 12.6 Å². The van der Waals surface area contributed by atoms with Crippen LogP contribution < -0.4 is 0 Å². The smallest absolute Gasteiger partial charge is 0.323 e. The van der Waals surface area contributed by atoms with Crippen molar-refractivity contribution in [3.05, 3.63) is 6.08 Å². The zero-order valence-corrected chi connectivity index (χ0v) is 6.50. The van der Waals surface area contributed by atoms with E-state index in [9.17, 15) is 4.79 Å². The van der Waals surface area contributed by atoms with E-state index in [0.29, 0.717) is 0 Å². The molecule has 0 aliphatic heterocycles. The molecule has 0 aliphatic rings. The average Bonchev–Trinajstić information content (AvgIpc) is 1.65. The predicted molar refractivity (Wildman–Crippen MR) is 42.2 cm³/mol. The number of carboxylic acids is 1. The highest BCUT2D eigenvalue weighted by atomic mass is 32.1. The summed E-state index contributed by atoms with van der Waals surface area (Å²) >= 11 is 8.08.